The number of piperidine rings is 1. The summed E-state index contributed by atoms with van der Waals surface area (Å²) >= 11 is 6.31. The molecule has 0 aromatic carbocycles. The van der Waals surface area contributed by atoms with Crippen molar-refractivity contribution in [1.29, 1.82) is 0 Å². The van der Waals surface area contributed by atoms with Crippen molar-refractivity contribution in [3.63, 3.8) is 0 Å². The Morgan fingerprint density at radius 1 is 1.43 bits per heavy atom. The van der Waals surface area contributed by atoms with Crippen molar-refractivity contribution >= 4 is 40.2 Å². The molecule has 28 heavy (non-hydrogen) atoms. The Morgan fingerprint density at radius 2 is 2.21 bits per heavy atom. The molecular formula is C18H18ClN7O2. The second-order valence-corrected chi connectivity index (χ2v) is 7.50. The molecular weight excluding hydrogens is 382 g/mol. The zero-order chi connectivity index (χ0) is 19.4. The van der Waals surface area contributed by atoms with Gasteiger partial charge in [0.15, 0.2) is 0 Å². The molecule has 0 spiro atoms. The number of likely N-dealkylation sites (tertiary alicyclic amines) is 1. The smallest absolute Gasteiger partial charge is 0.245 e. The third kappa shape index (κ3) is 2.78. The first-order valence-electron chi connectivity index (χ1n) is 8.92. The van der Waals surface area contributed by atoms with Crippen LogP contribution in [0.5, 0.6) is 5.88 Å². The summed E-state index contributed by atoms with van der Waals surface area (Å²) in [6.07, 6.45) is 6.55. The lowest BCUT2D eigenvalue weighted by Gasteiger charge is -2.18. The van der Waals surface area contributed by atoms with Crippen LogP contribution in [0.15, 0.2) is 31.2 Å². The summed E-state index contributed by atoms with van der Waals surface area (Å²) in [5.41, 5.74) is 1.36. The zero-order valence-corrected chi connectivity index (χ0v) is 15.8. The second kappa shape index (κ2) is 6.23. The highest BCUT2D eigenvalue weighted by atomic mass is 35.5. The average Bonchev–Trinajstić information content (AvgIpc) is 3.11. The van der Waals surface area contributed by atoms with Crippen molar-refractivity contribution in [2.24, 2.45) is 18.9 Å². The minimum Gasteiger partial charge on any atom is -0.473 e. The molecule has 9 nitrogen and oxygen atoms in total. The van der Waals surface area contributed by atoms with Gasteiger partial charge in [-0.2, -0.15) is 15.1 Å². The Kier molecular flexibility index (Phi) is 3.80. The fraction of sp³-hybridized carbons (Fsp3) is 0.333. The van der Waals surface area contributed by atoms with Crippen molar-refractivity contribution in [2.45, 2.75) is 6.10 Å². The molecule has 3 atom stereocenters. The van der Waals surface area contributed by atoms with E-state index in [9.17, 15) is 4.79 Å². The highest BCUT2D eigenvalue weighted by molar-refractivity contribution is 6.35. The summed E-state index contributed by atoms with van der Waals surface area (Å²) in [5, 5.41) is 8.42. The Labute approximate surface area is 165 Å². The van der Waals surface area contributed by atoms with Crippen LogP contribution >= 0.6 is 11.6 Å². The summed E-state index contributed by atoms with van der Waals surface area (Å²) in [7, 11) is 1.83. The fourth-order valence-electron chi connectivity index (χ4n) is 3.80. The van der Waals surface area contributed by atoms with Gasteiger partial charge in [0.1, 0.15) is 11.8 Å². The number of rotatable bonds is 5. The molecule has 2 N–H and O–H groups in total. The second-order valence-electron chi connectivity index (χ2n) is 7.10. The summed E-state index contributed by atoms with van der Waals surface area (Å²) in [6.45, 7) is 4.90. The maximum Gasteiger partial charge on any atom is 0.245 e. The number of carbonyl (C=O) groups is 1. The summed E-state index contributed by atoms with van der Waals surface area (Å²) in [4.78, 5) is 25.6. The highest BCUT2D eigenvalue weighted by Gasteiger charge is 2.59. The molecule has 1 amide bonds. The van der Waals surface area contributed by atoms with E-state index in [-0.39, 0.29) is 12.0 Å². The number of aryl methyl sites for hydroxylation is 1. The molecule has 1 saturated heterocycles. The van der Waals surface area contributed by atoms with Crippen molar-refractivity contribution in [2.75, 3.05) is 18.4 Å². The van der Waals surface area contributed by atoms with Gasteiger partial charge in [0.2, 0.25) is 17.7 Å². The van der Waals surface area contributed by atoms with Crippen molar-refractivity contribution < 1.29 is 9.53 Å². The SMILES string of the molecule is C=CC(=O)N1C[C@@H]2[C@H](C1)[C@H]2Oc1nc(Nc2cnn(C)c2)nc2[nH]cc(Cl)c12. The lowest BCUT2D eigenvalue weighted by atomic mass is 10.3. The number of carbonyl (C=O) groups excluding carboxylic acids is 1. The fourth-order valence-corrected chi connectivity index (χ4v) is 4.03. The van der Waals surface area contributed by atoms with Crippen LogP contribution in [0.1, 0.15) is 0 Å². The number of hydrogen-bond donors (Lipinski definition) is 2. The van der Waals surface area contributed by atoms with Crippen LogP contribution in [0, 0.1) is 11.8 Å². The summed E-state index contributed by atoms with van der Waals surface area (Å²) < 4.78 is 7.90. The van der Waals surface area contributed by atoms with Gasteiger partial charge in [0, 0.05) is 44.4 Å². The van der Waals surface area contributed by atoms with Crippen LogP contribution in [0.25, 0.3) is 11.0 Å². The minimum atomic E-state index is -0.0352. The maximum atomic E-state index is 11.8. The molecule has 0 bridgehead atoms. The molecule has 2 fully saturated rings. The number of aromatic nitrogens is 5. The molecule has 3 aromatic rings. The number of amides is 1. The van der Waals surface area contributed by atoms with Gasteiger partial charge < -0.3 is 19.9 Å². The molecule has 3 aromatic heterocycles. The number of halogens is 1. The molecule has 4 heterocycles. The number of anilines is 2. The standard InChI is InChI=1S/C18H18ClN7O2/c1-3-13(27)26-7-10-11(8-26)15(10)28-17-14-12(19)5-20-16(14)23-18(24-17)22-9-4-21-25(2)6-9/h3-6,10-11,15H,1,7-8H2,2H3,(H2,20,22,23,24)/t10-,11+,15+. The van der Waals surface area contributed by atoms with E-state index in [1.54, 1.807) is 22.0 Å². The van der Waals surface area contributed by atoms with Crippen molar-refractivity contribution in [3.05, 3.63) is 36.3 Å². The third-order valence-electron chi connectivity index (χ3n) is 5.26. The van der Waals surface area contributed by atoms with Crippen molar-refractivity contribution in [3.8, 4) is 5.88 Å². The monoisotopic (exact) mass is 399 g/mol. The number of hydrogen-bond acceptors (Lipinski definition) is 6. The van der Waals surface area contributed by atoms with E-state index in [1.165, 1.54) is 6.08 Å². The van der Waals surface area contributed by atoms with Crippen molar-refractivity contribution in [1.82, 2.24) is 29.6 Å². The Morgan fingerprint density at radius 3 is 2.89 bits per heavy atom. The first kappa shape index (κ1) is 17.1. The van der Waals surface area contributed by atoms with E-state index < -0.39 is 0 Å². The molecule has 2 aliphatic rings. The largest absolute Gasteiger partial charge is 0.473 e. The van der Waals surface area contributed by atoms with Crippen LogP contribution in [0.3, 0.4) is 0 Å². The van der Waals surface area contributed by atoms with Gasteiger partial charge in [0.25, 0.3) is 0 Å². The van der Waals surface area contributed by atoms with E-state index in [0.717, 1.165) is 5.69 Å². The number of aromatic amines is 1. The van der Waals surface area contributed by atoms with Gasteiger partial charge in [-0.1, -0.05) is 18.2 Å². The van der Waals surface area contributed by atoms with Gasteiger partial charge in [-0.25, -0.2) is 0 Å². The molecule has 0 unspecified atom stereocenters. The molecule has 1 aliphatic carbocycles. The molecule has 10 heteroatoms. The van der Waals surface area contributed by atoms with E-state index in [4.69, 9.17) is 16.3 Å². The van der Waals surface area contributed by atoms with Gasteiger partial charge in [0.05, 0.1) is 22.3 Å². The van der Waals surface area contributed by atoms with Gasteiger partial charge in [-0.05, 0) is 6.08 Å². The van der Waals surface area contributed by atoms with Gasteiger partial charge in [-0.15, -0.1) is 0 Å². The molecule has 144 valence electrons. The molecule has 1 saturated carbocycles. The molecule has 5 rings (SSSR count). The van der Waals surface area contributed by atoms with E-state index in [1.807, 2.05) is 13.2 Å². The summed E-state index contributed by atoms with van der Waals surface area (Å²) in [6, 6.07) is 0. The number of ether oxygens (including phenoxy) is 1. The van der Waals surface area contributed by atoms with Crippen LogP contribution in [-0.4, -0.2) is 54.7 Å². The zero-order valence-electron chi connectivity index (χ0n) is 15.1. The quantitative estimate of drug-likeness (QED) is 0.637. The first-order valence-corrected chi connectivity index (χ1v) is 9.29. The van der Waals surface area contributed by atoms with Gasteiger partial charge >= 0.3 is 0 Å². The average molecular weight is 400 g/mol. The molecule has 1 aliphatic heterocycles. The van der Waals surface area contributed by atoms with E-state index >= 15 is 0 Å². The predicted molar refractivity (Wildman–Crippen MR) is 104 cm³/mol. The predicted octanol–water partition coefficient (Wildman–Crippen LogP) is 2.11. The highest BCUT2D eigenvalue weighted by Crippen LogP contribution is 2.48. The maximum absolute atomic E-state index is 11.8. The lowest BCUT2D eigenvalue weighted by Crippen LogP contribution is -2.31. The van der Waals surface area contributed by atoms with Crippen LogP contribution in [-0.2, 0) is 11.8 Å². The Hall–Kier alpha value is -3.07. The van der Waals surface area contributed by atoms with Crippen LogP contribution in [0.4, 0.5) is 11.6 Å². The molecule has 0 radical (unpaired) electrons. The van der Waals surface area contributed by atoms with Crippen LogP contribution < -0.4 is 10.1 Å². The normalized spacial score (nSPS) is 22.9. The van der Waals surface area contributed by atoms with E-state index in [0.29, 0.717) is 52.8 Å². The van der Waals surface area contributed by atoms with Crippen LogP contribution in [0.2, 0.25) is 5.02 Å². The first-order chi connectivity index (χ1) is 13.5. The minimum absolute atomic E-state index is 0.0178. The van der Waals surface area contributed by atoms with E-state index in [2.05, 4.69) is 31.9 Å². The summed E-state index contributed by atoms with van der Waals surface area (Å²) in [5.74, 6) is 1.40. The third-order valence-corrected chi connectivity index (χ3v) is 5.56. The number of H-pyrrole nitrogens is 1. The lowest BCUT2D eigenvalue weighted by molar-refractivity contribution is -0.125. The number of fused-ring (bicyclic) bond motifs is 2. The Bertz CT molecular complexity index is 1080. The Balaban J connectivity index is 1.39. The topological polar surface area (TPSA) is 101 Å². The number of nitrogens with one attached hydrogen (secondary N) is 2. The van der Waals surface area contributed by atoms with Gasteiger partial charge in [-0.3, -0.25) is 9.48 Å². The number of nitrogens with zero attached hydrogens (tertiary/aromatic N) is 5.